The molecule has 0 heterocycles. The van der Waals surface area contributed by atoms with E-state index in [4.69, 9.17) is 0 Å². The van der Waals surface area contributed by atoms with Gasteiger partial charge in [-0.3, -0.25) is 0 Å². The first-order chi connectivity index (χ1) is 6.90. The molecule has 0 N–H and O–H groups in total. The van der Waals surface area contributed by atoms with Crippen LogP contribution in [0.15, 0.2) is 0 Å². The SMILES string of the molecule is O=CCC[C@H]1CC[C@@H]2[C@@H]3CC[C@H](C3)[C@@H]12. The van der Waals surface area contributed by atoms with Gasteiger partial charge in [0.2, 0.25) is 0 Å². The molecule has 3 aliphatic rings. The molecule has 0 aliphatic heterocycles. The average Bonchev–Trinajstić information content (AvgIpc) is 2.87. The standard InChI is InChI=1S/C13H20O/c14-7-1-2-9-5-6-12-10-3-4-11(8-10)13(9)12/h7,9-13H,1-6,8H2/t9-,10+,11+,12+,13+/m0/s1. The van der Waals surface area contributed by atoms with Crippen molar-refractivity contribution in [3.05, 3.63) is 0 Å². The number of carbonyl (C=O) groups is 1. The Labute approximate surface area is 86.3 Å². The van der Waals surface area contributed by atoms with Crippen LogP contribution in [0.5, 0.6) is 0 Å². The number of hydrogen-bond donors (Lipinski definition) is 0. The minimum Gasteiger partial charge on any atom is -0.303 e. The Balaban J connectivity index is 1.69. The van der Waals surface area contributed by atoms with Crippen molar-refractivity contribution in [1.82, 2.24) is 0 Å². The Kier molecular flexibility index (Phi) is 2.14. The summed E-state index contributed by atoms with van der Waals surface area (Å²) in [7, 11) is 0. The van der Waals surface area contributed by atoms with Crippen molar-refractivity contribution in [3.8, 4) is 0 Å². The van der Waals surface area contributed by atoms with Gasteiger partial charge in [-0.2, -0.15) is 0 Å². The van der Waals surface area contributed by atoms with Crippen molar-refractivity contribution >= 4 is 6.29 Å². The Morgan fingerprint density at radius 2 is 1.93 bits per heavy atom. The van der Waals surface area contributed by atoms with Gasteiger partial charge in [0.1, 0.15) is 6.29 Å². The minimum atomic E-state index is 0.811. The van der Waals surface area contributed by atoms with Crippen LogP contribution in [0.1, 0.15) is 44.9 Å². The van der Waals surface area contributed by atoms with Crippen LogP contribution in [0.3, 0.4) is 0 Å². The van der Waals surface area contributed by atoms with Crippen molar-refractivity contribution in [3.63, 3.8) is 0 Å². The van der Waals surface area contributed by atoms with Crippen molar-refractivity contribution in [2.45, 2.75) is 44.9 Å². The Morgan fingerprint density at radius 3 is 2.79 bits per heavy atom. The smallest absolute Gasteiger partial charge is 0.120 e. The second-order valence-corrected chi connectivity index (χ2v) is 5.66. The molecule has 3 rings (SSSR count). The van der Waals surface area contributed by atoms with Gasteiger partial charge in [-0.25, -0.2) is 0 Å². The van der Waals surface area contributed by atoms with E-state index in [1.165, 1.54) is 38.5 Å². The molecule has 14 heavy (non-hydrogen) atoms. The maximum absolute atomic E-state index is 10.4. The molecule has 0 aromatic carbocycles. The average molecular weight is 192 g/mol. The molecule has 3 saturated carbocycles. The lowest BCUT2D eigenvalue weighted by Crippen LogP contribution is -2.22. The lowest BCUT2D eigenvalue weighted by atomic mass is 9.77. The van der Waals surface area contributed by atoms with Gasteiger partial charge in [0, 0.05) is 6.42 Å². The van der Waals surface area contributed by atoms with Crippen LogP contribution in [0.4, 0.5) is 0 Å². The van der Waals surface area contributed by atoms with E-state index >= 15 is 0 Å². The van der Waals surface area contributed by atoms with Gasteiger partial charge in [-0.15, -0.1) is 0 Å². The van der Waals surface area contributed by atoms with E-state index in [0.29, 0.717) is 0 Å². The van der Waals surface area contributed by atoms with E-state index in [0.717, 1.165) is 42.3 Å². The zero-order valence-corrected chi connectivity index (χ0v) is 8.82. The molecular formula is C13H20O. The van der Waals surface area contributed by atoms with E-state index in [1.54, 1.807) is 0 Å². The van der Waals surface area contributed by atoms with E-state index in [2.05, 4.69) is 0 Å². The molecular weight excluding hydrogens is 172 g/mol. The van der Waals surface area contributed by atoms with Crippen molar-refractivity contribution in [2.24, 2.45) is 29.6 Å². The summed E-state index contributed by atoms with van der Waals surface area (Å²) in [6.45, 7) is 0. The van der Waals surface area contributed by atoms with Gasteiger partial charge in [0.05, 0.1) is 0 Å². The van der Waals surface area contributed by atoms with Crippen molar-refractivity contribution in [2.75, 3.05) is 0 Å². The molecule has 78 valence electrons. The third kappa shape index (κ3) is 1.17. The Bertz CT molecular complexity index is 235. The predicted octanol–water partition coefficient (Wildman–Crippen LogP) is 3.04. The monoisotopic (exact) mass is 192 g/mol. The highest BCUT2D eigenvalue weighted by Crippen LogP contribution is 2.61. The molecule has 0 aromatic heterocycles. The Morgan fingerprint density at radius 1 is 1.07 bits per heavy atom. The largest absolute Gasteiger partial charge is 0.303 e. The molecule has 3 aliphatic carbocycles. The lowest BCUT2D eigenvalue weighted by Gasteiger charge is -2.28. The second-order valence-electron chi connectivity index (χ2n) is 5.66. The van der Waals surface area contributed by atoms with E-state index < -0.39 is 0 Å². The Hall–Kier alpha value is -0.330. The van der Waals surface area contributed by atoms with Gasteiger partial charge >= 0.3 is 0 Å². The molecule has 0 unspecified atom stereocenters. The lowest BCUT2D eigenvalue weighted by molar-refractivity contribution is -0.108. The van der Waals surface area contributed by atoms with E-state index in [1.807, 2.05) is 0 Å². The minimum absolute atomic E-state index is 0.811. The predicted molar refractivity (Wildman–Crippen MR) is 55.8 cm³/mol. The first-order valence-corrected chi connectivity index (χ1v) is 6.34. The third-order valence-electron chi connectivity index (χ3n) is 5.23. The molecule has 0 spiro atoms. The van der Waals surface area contributed by atoms with Gasteiger partial charge < -0.3 is 4.79 Å². The number of hydrogen-bond acceptors (Lipinski definition) is 1. The normalized spacial score (nSPS) is 49.6. The summed E-state index contributed by atoms with van der Waals surface area (Å²) < 4.78 is 0. The highest BCUT2D eigenvalue weighted by Gasteiger charge is 2.52. The topological polar surface area (TPSA) is 17.1 Å². The highest BCUT2D eigenvalue weighted by atomic mass is 16.1. The summed E-state index contributed by atoms with van der Waals surface area (Å²) in [6.07, 6.45) is 10.6. The van der Waals surface area contributed by atoms with Crippen molar-refractivity contribution in [1.29, 1.82) is 0 Å². The van der Waals surface area contributed by atoms with Crippen LogP contribution in [-0.4, -0.2) is 6.29 Å². The van der Waals surface area contributed by atoms with Gasteiger partial charge in [-0.05, 0) is 68.1 Å². The molecule has 0 aromatic rings. The second kappa shape index (κ2) is 3.36. The number of carbonyl (C=O) groups excluding carboxylic acids is 1. The van der Waals surface area contributed by atoms with Crippen LogP contribution in [-0.2, 0) is 4.79 Å². The molecule has 2 bridgehead atoms. The van der Waals surface area contributed by atoms with Gasteiger partial charge in [-0.1, -0.05) is 0 Å². The zero-order chi connectivity index (χ0) is 9.54. The third-order valence-corrected chi connectivity index (χ3v) is 5.23. The molecule has 3 fully saturated rings. The summed E-state index contributed by atoms with van der Waals surface area (Å²) in [5, 5.41) is 0. The van der Waals surface area contributed by atoms with Crippen LogP contribution >= 0.6 is 0 Å². The fraction of sp³-hybridized carbons (Fsp3) is 0.923. The molecule has 1 nitrogen and oxygen atoms in total. The van der Waals surface area contributed by atoms with E-state index in [9.17, 15) is 4.79 Å². The van der Waals surface area contributed by atoms with Crippen LogP contribution in [0, 0.1) is 29.6 Å². The van der Waals surface area contributed by atoms with Gasteiger partial charge in [0.25, 0.3) is 0 Å². The van der Waals surface area contributed by atoms with Crippen LogP contribution in [0.2, 0.25) is 0 Å². The number of fused-ring (bicyclic) bond motifs is 5. The first-order valence-electron chi connectivity index (χ1n) is 6.34. The summed E-state index contributed by atoms with van der Waals surface area (Å²) in [4.78, 5) is 10.4. The number of aldehydes is 1. The van der Waals surface area contributed by atoms with Crippen molar-refractivity contribution < 1.29 is 4.79 Å². The zero-order valence-electron chi connectivity index (χ0n) is 8.82. The molecule has 1 heteroatoms. The van der Waals surface area contributed by atoms with E-state index in [-0.39, 0.29) is 0 Å². The summed E-state index contributed by atoms with van der Waals surface area (Å²) >= 11 is 0. The summed E-state index contributed by atoms with van der Waals surface area (Å²) in [5.74, 6) is 5.18. The first kappa shape index (κ1) is 8.94. The van der Waals surface area contributed by atoms with Gasteiger partial charge in [0.15, 0.2) is 0 Å². The summed E-state index contributed by atoms with van der Waals surface area (Å²) in [6, 6.07) is 0. The van der Waals surface area contributed by atoms with Crippen LogP contribution in [0.25, 0.3) is 0 Å². The van der Waals surface area contributed by atoms with Crippen LogP contribution < -0.4 is 0 Å². The number of rotatable bonds is 3. The maximum atomic E-state index is 10.4. The fourth-order valence-corrected chi connectivity index (χ4v) is 4.84. The highest BCUT2D eigenvalue weighted by molar-refractivity contribution is 5.49. The molecule has 0 amide bonds. The fourth-order valence-electron chi connectivity index (χ4n) is 4.84. The molecule has 0 radical (unpaired) electrons. The summed E-state index contributed by atoms with van der Waals surface area (Å²) in [5.41, 5.74) is 0. The quantitative estimate of drug-likeness (QED) is 0.628. The molecule has 5 atom stereocenters. The maximum Gasteiger partial charge on any atom is 0.120 e. The molecule has 0 saturated heterocycles.